The summed E-state index contributed by atoms with van der Waals surface area (Å²) in [5.74, 6) is -0.359. The van der Waals surface area contributed by atoms with E-state index in [4.69, 9.17) is 14.2 Å². The van der Waals surface area contributed by atoms with Crippen LogP contribution in [0.4, 0.5) is 4.79 Å². The van der Waals surface area contributed by atoms with Crippen LogP contribution in [0.3, 0.4) is 0 Å². The lowest BCUT2D eigenvalue weighted by Crippen LogP contribution is -2.45. The SMILES string of the molecule is CCOC(=O)C1=C(C)NC(=O)N[C@@H]1c1ccc(OCC(=O)N/N=C\c2sccc2Br)c(OC)c1. The van der Waals surface area contributed by atoms with E-state index in [-0.39, 0.29) is 18.8 Å². The zero-order valence-electron chi connectivity index (χ0n) is 18.6. The number of halogens is 1. The summed E-state index contributed by atoms with van der Waals surface area (Å²) in [6, 6.07) is 5.59. The quantitative estimate of drug-likeness (QED) is 0.250. The summed E-state index contributed by atoms with van der Waals surface area (Å²) in [6.07, 6.45) is 1.53. The van der Waals surface area contributed by atoms with Crippen molar-refractivity contribution in [2.24, 2.45) is 5.10 Å². The predicted molar refractivity (Wildman–Crippen MR) is 130 cm³/mol. The van der Waals surface area contributed by atoms with Crippen LogP contribution in [0.1, 0.15) is 30.3 Å². The second-order valence-electron chi connectivity index (χ2n) is 6.92. The van der Waals surface area contributed by atoms with Gasteiger partial charge in [0.15, 0.2) is 18.1 Å². The summed E-state index contributed by atoms with van der Waals surface area (Å²) < 4.78 is 17.0. The molecule has 1 aromatic heterocycles. The van der Waals surface area contributed by atoms with Crippen LogP contribution < -0.4 is 25.5 Å². The molecule has 0 saturated carbocycles. The molecule has 3 N–H and O–H groups in total. The topological polar surface area (TPSA) is 127 Å². The Morgan fingerprint density at radius 2 is 2.09 bits per heavy atom. The number of nitrogens with zero attached hydrogens (tertiary/aromatic N) is 1. The Hall–Kier alpha value is -3.38. The lowest BCUT2D eigenvalue weighted by molar-refractivity contribution is -0.139. The van der Waals surface area contributed by atoms with Gasteiger partial charge in [0.25, 0.3) is 5.91 Å². The first-order chi connectivity index (χ1) is 16.3. The van der Waals surface area contributed by atoms with E-state index in [9.17, 15) is 14.4 Å². The van der Waals surface area contributed by atoms with Gasteiger partial charge in [-0.1, -0.05) is 6.07 Å². The first-order valence-electron chi connectivity index (χ1n) is 10.1. The Morgan fingerprint density at radius 3 is 2.76 bits per heavy atom. The molecule has 0 saturated heterocycles. The molecular formula is C22H23BrN4O6S. The van der Waals surface area contributed by atoms with E-state index in [1.807, 2.05) is 11.4 Å². The van der Waals surface area contributed by atoms with Crippen LogP contribution in [0.2, 0.25) is 0 Å². The number of carbonyl (C=O) groups excluding carboxylic acids is 3. The van der Waals surface area contributed by atoms with Gasteiger partial charge < -0.3 is 24.8 Å². The molecule has 1 atom stereocenters. The Kier molecular flexibility index (Phi) is 8.66. The van der Waals surface area contributed by atoms with E-state index < -0.39 is 23.9 Å². The zero-order valence-corrected chi connectivity index (χ0v) is 21.0. The van der Waals surface area contributed by atoms with E-state index in [2.05, 4.69) is 37.1 Å². The predicted octanol–water partition coefficient (Wildman–Crippen LogP) is 3.24. The minimum atomic E-state index is -0.745. The van der Waals surface area contributed by atoms with Gasteiger partial charge in [-0.05, 0) is 58.9 Å². The molecule has 3 rings (SSSR count). The molecule has 34 heavy (non-hydrogen) atoms. The number of thiophene rings is 1. The summed E-state index contributed by atoms with van der Waals surface area (Å²) in [4.78, 5) is 37.5. The summed E-state index contributed by atoms with van der Waals surface area (Å²) >= 11 is 4.86. The Balaban J connectivity index is 1.71. The summed E-state index contributed by atoms with van der Waals surface area (Å²) in [7, 11) is 1.45. The maximum absolute atomic E-state index is 12.5. The maximum Gasteiger partial charge on any atom is 0.338 e. The Labute approximate surface area is 208 Å². The van der Waals surface area contributed by atoms with E-state index in [1.54, 1.807) is 32.0 Å². The van der Waals surface area contributed by atoms with Gasteiger partial charge in [0.05, 0.1) is 36.4 Å². The number of hydrazone groups is 1. The van der Waals surface area contributed by atoms with Crippen LogP contribution in [0.25, 0.3) is 0 Å². The molecule has 0 aliphatic carbocycles. The number of rotatable bonds is 9. The number of allylic oxidation sites excluding steroid dienone is 1. The number of amides is 3. The van der Waals surface area contributed by atoms with E-state index in [0.29, 0.717) is 22.8 Å². The minimum Gasteiger partial charge on any atom is -0.493 e. The van der Waals surface area contributed by atoms with Crippen LogP contribution in [0.5, 0.6) is 11.5 Å². The summed E-state index contributed by atoms with van der Waals surface area (Å²) in [5.41, 5.74) is 3.66. The number of hydrogen-bond donors (Lipinski definition) is 3. The van der Waals surface area contributed by atoms with Gasteiger partial charge >= 0.3 is 12.0 Å². The molecular weight excluding hydrogens is 528 g/mol. The molecule has 12 heteroatoms. The van der Waals surface area contributed by atoms with Gasteiger partial charge in [-0.25, -0.2) is 15.0 Å². The molecule has 0 radical (unpaired) electrons. The van der Waals surface area contributed by atoms with Gasteiger partial charge in [-0.2, -0.15) is 5.10 Å². The molecule has 0 spiro atoms. The third-order valence-corrected chi connectivity index (χ3v) is 6.47. The summed E-state index contributed by atoms with van der Waals surface area (Å²) in [5, 5.41) is 11.1. The number of nitrogens with one attached hydrogen (secondary N) is 3. The highest BCUT2D eigenvalue weighted by atomic mass is 79.9. The van der Waals surface area contributed by atoms with Crippen LogP contribution in [-0.4, -0.2) is 44.4 Å². The van der Waals surface area contributed by atoms with Crippen molar-refractivity contribution in [2.75, 3.05) is 20.3 Å². The normalized spacial score (nSPS) is 15.5. The lowest BCUT2D eigenvalue weighted by atomic mass is 9.95. The van der Waals surface area contributed by atoms with Crippen molar-refractivity contribution in [2.45, 2.75) is 19.9 Å². The minimum absolute atomic E-state index is 0.198. The van der Waals surface area contributed by atoms with Gasteiger partial charge in [0.2, 0.25) is 0 Å². The van der Waals surface area contributed by atoms with Gasteiger partial charge in [0.1, 0.15) is 0 Å². The molecule has 1 aliphatic heterocycles. The second-order valence-corrected chi connectivity index (χ2v) is 8.72. The second kappa shape index (κ2) is 11.7. The number of methoxy groups -OCH3 is 1. The maximum atomic E-state index is 12.5. The highest BCUT2D eigenvalue weighted by Crippen LogP contribution is 2.34. The van der Waals surface area contributed by atoms with Crippen molar-refractivity contribution >= 4 is 51.4 Å². The number of esters is 1. The van der Waals surface area contributed by atoms with Crippen LogP contribution in [0.15, 0.2) is 50.5 Å². The third kappa shape index (κ3) is 6.14. The van der Waals surface area contributed by atoms with Gasteiger partial charge in [0, 0.05) is 10.2 Å². The van der Waals surface area contributed by atoms with Gasteiger partial charge in [-0.15, -0.1) is 11.3 Å². The standard InChI is InChI=1S/C22H23BrN4O6S/c1-4-32-21(29)19-12(2)25-22(30)26-20(19)13-5-6-15(16(9-13)31-3)33-11-18(28)27-24-10-17-14(23)7-8-34-17/h5-10,20H,4,11H2,1-3H3,(H,27,28)(H2,25,26,30)/b24-10-/t20-/m1/s1. The molecule has 0 fully saturated rings. The smallest absolute Gasteiger partial charge is 0.338 e. The van der Waals surface area contributed by atoms with Crippen molar-refractivity contribution in [3.8, 4) is 11.5 Å². The monoisotopic (exact) mass is 550 g/mol. The van der Waals surface area contributed by atoms with Crippen molar-refractivity contribution in [1.82, 2.24) is 16.1 Å². The molecule has 10 nitrogen and oxygen atoms in total. The molecule has 0 unspecified atom stereocenters. The lowest BCUT2D eigenvalue weighted by Gasteiger charge is -2.28. The molecule has 180 valence electrons. The highest BCUT2D eigenvalue weighted by molar-refractivity contribution is 9.10. The average molecular weight is 551 g/mol. The number of urea groups is 1. The fourth-order valence-corrected chi connectivity index (χ4v) is 4.48. The molecule has 3 amide bonds. The van der Waals surface area contributed by atoms with Gasteiger partial charge in [-0.3, -0.25) is 4.79 Å². The van der Waals surface area contributed by atoms with Crippen molar-refractivity contribution in [1.29, 1.82) is 0 Å². The Morgan fingerprint density at radius 1 is 1.29 bits per heavy atom. The fourth-order valence-electron chi connectivity index (χ4n) is 3.14. The Bertz CT molecular complexity index is 1150. The van der Waals surface area contributed by atoms with E-state index in [1.165, 1.54) is 24.7 Å². The highest BCUT2D eigenvalue weighted by Gasteiger charge is 2.32. The number of benzene rings is 1. The first-order valence-corrected chi connectivity index (χ1v) is 11.8. The van der Waals surface area contributed by atoms with E-state index >= 15 is 0 Å². The molecule has 1 aliphatic rings. The first kappa shape index (κ1) is 25.2. The van der Waals surface area contributed by atoms with Crippen molar-refractivity contribution in [3.05, 3.63) is 55.8 Å². The molecule has 1 aromatic carbocycles. The molecule has 2 heterocycles. The average Bonchev–Trinajstić information content (AvgIpc) is 3.21. The summed E-state index contributed by atoms with van der Waals surface area (Å²) in [6.45, 7) is 3.24. The zero-order chi connectivity index (χ0) is 24.7. The van der Waals surface area contributed by atoms with E-state index in [0.717, 1.165) is 9.35 Å². The fraction of sp³-hybridized carbons (Fsp3) is 0.273. The van der Waals surface area contributed by atoms with Crippen LogP contribution in [0, 0.1) is 0 Å². The van der Waals surface area contributed by atoms with Crippen LogP contribution in [-0.2, 0) is 14.3 Å². The van der Waals surface area contributed by atoms with Crippen molar-refractivity contribution < 1.29 is 28.6 Å². The molecule has 2 aromatic rings. The van der Waals surface area contributed by atoms with Crippen LogP contribution >= 0.6 is 27.3 Å². The van der Waals surface area contributed by atoms with Crippen molar-refractivity contribution in [3.63, 3.8) is 0 Å². The largest absolute Gasteiger partial charge is 0.493 e. The third-order valence-electron chi connectivity index (χ3n) is 4.66. The number of ether oxygens (including phenoxy) is 3. The number of hydrogen-bond acceptors (Lipinski definition) is 8. The molecule has 0 bridgehead atoms. The number of carbonyl (C=O) groups is 3.